The number of likely N-dealkylation sites (N-methyl/N-ethyl adjacent to an activating group) is 6. The van der Waals surface area contributed by atoms with E-state index in [2.05, 4.69) is 0 Å². The van der Waals surface area contributed by atoms with Crippen molar-refractivity contribution in [3.63, 3.8) is 0 Å². The number of ether oxygens (including phenoxy) is 12. The first kappa shape index (κ1) is 49.4. The summed E-state index contributed by atoms with van der Waals surface area (Å²) in [6.07, 6.45) is -34.8. The number of likely N-dealkylation sites (tertiary alicyclic amines) is 6. The summed E-state index contributed by atoms with van der Waals surface area (Å²) in [5.74, 6) is -10.5. The van der Waals surface area contributed by atoms with Crippen LogP contribution < -0.4 is 56.8 Å². The van der Waals surface area contributed by atoms with Crippen LogP contribution >= 0.6 is 0 Å². The number of benzene rings is 6. The predicted molar refractivity (Wildman–Crippen MR) is 498 cm³/mol. The van der Waals surface area contributed by atoms with Gasteiger partial charge in [-0.1, -0.05) is 36.3 Å². The Morgan fingerprint density at radius 3 is 0.681 bits per heavy atom. The smallest absolute Gasteiger partial charge is 0.174 e. The van der Waals surface area contributed by atoms with E-state index in [0.29, 0.717) is 4.90 Å². The van der Waals surface area contributed by atoms with E-state index in [-0.39, 0.29) is 247 Å². The molecule has 6 aromatic carbocycles. The maximum atomic E-state index is 13.4. The highest BCUT2D eigenvalue weighted by Gasteiger charge is 2.80. The lowest BCUT2D eigenvalue weighted by Crippen LogP contribution is -2.76. The fourth-order valence-electron chi connectivity index (χ4n) is 28.0. The number of carbonyl (C=O) groups is 6. The number of nitrogens with zero attached hydrogens (tertiary/aromatic N) is 6. The molecule has 6 aromatic rings. The molecule has 0 amide bonds. The molecule has 30 nitrogen and oxygen atoms in total. The molecular weight excluding hydrogens is 1770 g/mol. The normalized spacial score (nSPS) is 54.6. The van der Waals surface area contributed by atoms with Crippen LogP contribution in [0.2, 0.25) is 0 Å². The Bertz CT molecular complexity index is 9100. The van der Waals surface area contributed by atoms with Crippen LogP contribution in [0, 0.1) is 0 Å². The van der Waals surface area contributed by atoms with Gasteiger partial charge in [-0.25, -0.2) is 0 Å². The standard InChI is InChI=1S/6C18H21NO4/c6*1-19-8-7-17-14-10-3-4-12(22-2)15(14)23-16(17)11(20)5-6-18(17,21)13(19)9-10/h6*3-4,13,16,21H,5-9H2,1-2H3/t6*13-,16?,17+,18-/m111111/s1/i1D3,2D3,3D,4D,5D2,13D,16D;2D3,3D,4D,5D2,13D,16D;1D3,3D,4D,5D2,13D,16D;1D3,2D3,3D,4D,13D,16D;3D,4D,5D2,13D,16D;1D3,3D,4D,13D,16D. The average molecular weight is 1950 g/mol. The summed E-state index contributed by atoms with van der Waals surface area (Å²) in [5, 5.41) is 72.5. The van der Waals surface area contributed by atoms with Crippen molar-refractivity contribution >= 4 is 34.7 Å². The number of carbonyl (C=O) groups excluding carboxylic acids is 6. The Morgan fingerprint density at radius 2 is 0.478 bits per heavy atom. The fourth-order valence-corrected chi connectivity index (χ4v) is 28.0. The van der Waals surface area contributed by atoms with Crippen LogP contribution in [0.5, 0.6) is 69.0 Å². The maximum absolute atomic E-state index is 13.4. The van der Waals surface area contributed by atoms with E-state index in [1.54, 1.807) is 19.0 Å². The minimum Gasteiger partial charge on any atom is -0.493 e. The summed E-state index contributed by atoms with van der Waals surface area (Å²) in [7, 11) is -2.20. The molecule has 6 saturated heterocycles. The number of piperidine rings is 6. The molecule has 12 heterocycles. The van der Waals surface area contributed by atoms with Crippen LogP contribution in [-0.2, 0) is 99.8 Å². The number of hydrogen-bond donors (Lipinski definition) is 6. The van der Waals surface area contributed by atoms with Gasteiger partial charge in [-0.2, -0.15) is 0 Å². The van der Waals surface area contributed by atoms with Gasteiger partial charge in [-0.05, 0) is 266 Å². The Labute approximate surface area is 876 Å². The van der Waals surface area contributed by atoms with Gasteiger partial charge < -0.3 is 117 Å². The van der Waals surface area contributed by atoms with E-state index >= 15 is 0 Å². The van der Waals surface area contributed by atoms with Crippen molar-refractivity contribution < 1.29 is 189 Å². The average Bonchev–Trinajstić information content (AvgIpc) is 1.40. The largest absolute Gasteiger partial charge is 0.493 e. The van der Waals surface area contributed by atoms with Crippen molar-refractivity contribution in [1.82, 2.24) is 29.4 Å². The summed E-state index contributed by atoms with van der Waals surface area (Å²) < 4.78 is 504. The van der Waals surface area contributed by atoms with E-state index in [0.717, 1.165) is 14.7 Å². The molecule has 24 atom stereocenters. The van der Waals surface area contributed by atoms with Crippen LogP contribution in [0.1, 0.15) is 255 Å². The van der Waals surface area contributed by atoms with Gasteiger partial charge in [0.05, 0.1) is 154 Å². The molecule has 30 heteroatoms. The Hall–Kier alpha value is -9.54. The van der Waals surface area contributed by atoms with Gasteiger partial charge in [0.1, 0.15) is 0 Å². The van der Waals surface area contributed by atoms with E-state index in [1.807, 2.05) is 0 Å². The quantitative estimate of drug-likeness (QED) is 0.107. The number of aliphatic hydroxyl groups is 6. The van der Waals surface area contributed by atoms with E-state index in [1.165, 1.54) is 26.2 Å². The molecule has 6 N–H and O–H groups in total. The molecule has 732 valence electrons. The second-order valence-electron chi connectivity index (χ2n) is 38.9. The van der Waals surface area contributed by atoms with Crippen molar-refractivity contribution in [2.75, 3.05) is 124 Å². The lowest BCUT2D eigenvalue weighted by Gasteiger charge is -2.62. The zero-order valence-corrected chi connectivity index (χ0v) is 74.6. The molecular formula is C108H126N6O24. The van der Waals surface area contributed by atoms with Crippen LogP contribution in [-0.4, -0.2) is 325 Å². The highest BCUT2D eigenvalue weighted by atomic mass is 16.6. The molecule has 24 aliphatic rings. The molecule has 12 aliphatic carbocycles. The summed E-state index contributed by atoms with van der Waals surface area (Å²) in [4.78, 5) is 85.5. The van der Waals surface area contributed by atoms with E-state index < -0.39 is 377 Å². The second kappa shape index (κ2) is 30.0. The Kier molecular flexibility index (Phi) is 10.8. The number of hydrogen-bond acceptors (Lipinski definition) is 30. The third-order valence-electron chi connectivity index (χ3n) is 34.1. The van der Waals surface area contributed by atoms with Crippen molar-refractivity contribution in [3.8, 4) is 69.0 Å². The SMILES string of the molecule is [2H]c1c([2H])c(OC([2H])([2H])[2H])c2c3c1C[C@@]1([2H])N(C([2H])([2H])[2H])CC[C@@]34C([2H])(O2)C(=O)C([2H])([2H])C[C@@]14O.[2H]c1c([2H])c(OC([2H])([2H])[2H])c2c3c1C[C@@]1([2H])N(C([2H])([2H])[2H])CC[C@@]34C([2H])(O2)C(=O)CC[C@@]14O.[2H]c1c([2H])c(OC([2H])([2H])[2H])c2c3c1C[C@@]1([2H])N(C)CC[C@@]34C([2H])(O2)C(=O)C([2H])([2H])C[C@@]14O.[2H]c1c([2H])c(OC)c2c3c1C[C@@]1([2H])N(C([2H])([2H])[2H])CC[C@@]34C([2H])(O2)C(=O)C([2H])([2H])C[C@@]14O.[2H]c1c([2H])c(OC)c2c3c1C[C@@]1([2H])N(C([2H])([2H])[2H])CC[C@@]34C([2H])(O2)C(=O)CC[C@@]14O.[2H]c1c([2H])c(OC)c2c3c1C[C@@]1([2H])N(C)CC[C@@]34C([2H])(O2)C(=O)C([2H])([2H])C[C@@]14O. The third-order valence-corrected chi connectivity index (χ3v) is 34.1. The lowest BCUT2D eigenvalue weighted by molar-refractivity contribution is -0.185. The van der Waals surface area contributed by atoms with Crippen LogP contribution in [0.15, 0.2) is 72.5 Å². The lowest BCUT2D eigenvalue weighted by atomic mass is 9.49. The summed E-state index contributed by atoms with van der Waals surface area (Å²) in [6, 6.07) is -18.6. The van der Waals surface area contributed by atoms with E-state index in [4.69, 9.17) is 121 Å². The molecule has 12 aliphatic heterocycles. The molecule has 12 fully saturated rings. The number of rotatable bonds is 6. The summed E-state index contributed by atoms with van der Waals surface area (Å²) in [5.41, 5.74) is -24.7. The fraction of sp³-hybridized carbons (Fsp3) is 0.611. The van der Waals surface area contributed by atoms with Crippen molar-refractivity contribution in [2.24, 2.45) is 0 Å². The van der Waals surface area contributed by atoms with Crippen LogP contribution in [0.25, 0.3) is 0 Å². The van der Waals surface area contributed by atoms with Gasteiger partial charge in [0.15, 0.2) is 140 Å². The van der Waals surface area contributed by atoms with Crippen molar-refractivity contribution in [3.05, 3.63) is 139 Å². The van der Waals surface area contributed by atoms with Gasteiger partial charge in [0.2, 0.25) is 0 Å². The Balaban J connectivity index is 0.000000112. The molecule has 12 bridgehead atoms. The molecule has 6 spiro atoms. The first-order valence-electron chi connectivity index (χ1n) is 71.7. The van der Waals surface area contributed by atoms with Gasteiger partial charge >= 0.3 is 0 Å². The van der Waals surface area contributed by atoms with Gasteiger partial charge in [0.25, 0.3) is 0 Å². The van der Waals surface area contributed by atoms with Crippen LogP contribution in [0.3, 0.4) is 0 Å². The molecule has 6 unspecified atom stereocenters. The molecule has 6 saturated carbocycles. The zero-order chi connectivity index (χ0) is 142. The van der Waals surface area contributed by atoms with Gasteiger partial charge in [-0.3, -0.25) is 28.8 Å². The Morgan fingerprint density at radius 1 is 0.290 bits per heavy atom. The minimum absolute atomic E-state index is 0.00127. The third kappa shape index (κ3) is 10.5. The molecule has 0 radical (unpaired) electrons. The first-order valence-corrected chi connectivity index (χ1v) is 45.2. The summed E-state index contributed by atoms with van der Waals surface area (Å²) in [6.45, 7) is -12.0. The van der Waals surface area contributed by atoms with E-state index in [9.17, 15) is 67.6 Å². The minimum atomic E-state index is -3.12. The molecule has 0 aromatic heterocycles. The maximum Gasteiger partial charge on any atom is 0.174 e. The van der Waals surface area contributed by atoms with Gasteiger partial charge in [0, 0.05) is 135 Å². The van der Waals surface area contributed by atoms with Crippen molar-refractivity contribution in [2.45, 2.75) is 293 Å². The second-order valence-corrected chi connectivity index (χ2v) is 38.9. The topological polar surface area (TPSA) is 354 Å². The molecule has 138 heavy (non-hydrogen) atoms. The zero-order valence-electron chi connectivity index (χ0n) is 128. The number of ketones is 6. The number of Topliss-reactive ketones (excluding diaryl/α,β-unsaturated/α-hetero) is 6. The van der Waals surface area contributed by atoms with Gasteiger partial charge in [-0.15, -0.1) is 0 Å². The van der Waals surface area contributed by atoms with Crippen LogP contribution in [0.4, 0.5) is 0 Å². The highest BCUT2D eigenvalue weighted by Crippen LogP contribution is 2.73. The first-order chi connectivity index (χ1) is 86.7. The van der Waals surface area contributed by atoms with Crippen molar-refractivity contribution in [1.29, 1.82) is 0 Å². The summed E-state index contributed by atoms with van der Waals surface area (Å²) >= 11 is 0. The highest BCUT2D eigenvalue weighted by molar-refractivity contribution is 5.95. The monoisotopic (exact) mass is 1940 g/mol. The number of methoxy groups -OCH3 is 6. The molecule has 30 rings (SSSR count). The predicted octanol–water partition coefficient (Wildman–Crippen LogP) is 6.29.